The number of aromatic nitrogens is 1. The van der Waals surface area contributed by atoms with Crippen molar-refractivity contribution in [3.05, 3.63) is 35.9 Å². The standard InChI is InChI=1S/C16H18N2O3/c19-10-11-3-2-8-18(9-11)15-7-6-12-13(16(20)21)4-1-5-14(12)17-15/h1,4-7,11,19H,2-3,8-10H2,(H,20,21). The third-order valence-corrected chi connectivity index (χ3v) is 4.05. The summed E-state index contributed by atoms with van der Waals surface area (Å²) in [7, 11) is 0. The summed E-state index contributed by atoms with van der Waals surface area (Å²) in [4.78, 5) is 18.0. The molecule has 0 amide bonds. The van der Waals surface area contributed by atoms with Gasteiger partial charge in [-0.1, -0.05) is 6.07 Å². The molecule has 0 saturated carbocycles. The maximum atomic E-state index is 11.2. The van der Waals surface area contributed by atoms with Crippen LogP contribution < -0.4 is 4.90 Å². The van der Waals surface area contributed by atoms with E-state index in [1.165, 1.54) is 0 Å². The summed E-state index contributed by atoms with van der Waals surface area (Å²) in [5.74, 6) is 0.207. The van der Waals surface area contributed by atoms with Crippen LogP contribution in [0.3, 0.4) is 0 Å². The van der Waals surface area contributed by atoms with Gasteiger partial charge in [0.25, 0.3) is 0 Å². The van der Waals surface area contributed by atoms with E-state index in [9.17, 15) is 15.0 Å². The number of hydrogen-bond acceptors (Lipinski definition) is 4. The van der Waals surface area contributed by atoms with Crippen molar-refractivity contribution in [2.75, 3.05) is 24.6 Å². The second-order valence-corrected chi connectivity index (χ2v) is 5.48. The zero-order valence-corrected chi connectivity index (χ0v) is 11.7. The van der Waals surface area contributed by atoms with Crippen molar-refractivity contribution in [2.24, 2.45) is 5.92 Å². The molecule has 21 heavy (non-hydrogen) atoms. The number of carboxylic acid groups (broad SMARTS) is 1. The molecule has 1 aliphatic rings. The van der Waals surface area contributed by atoms with Crippen LogP contribution in [0, 0.1) is 5.92 Å². The maximum absolute atomic E-state index is 11.2. The fourth-order valence-electron chi connectivity index (χ4n) is 2.93. The monoisotopic (exact) mass is 286 g/mol. The molecular weight excluding hydrogens is 268 g/mol. The van der Waals surface area contributed by atoms with Gasteiger partial charge >= 0.3 is 5.97 Å². The van der Waals surface area contributed by atoms with Gasteiger partial charge in [-0.25, -0.2) is 9.78 Å². The van der Waals surface area contributed by atoms with E-state index in [2.05, 4.69) is 9.88 Å². The van der Waals surface area contributed by atoms with Crippen LogP contribution >= 0.6 is 0 Å². The lowest BCUT2D eigenvalue weighted by atomic mass is 9.99. The predicted molar refractivity (Wildman–Crippen MR) is 80.7 cm³/mol. The molecule has 1 aliphatic heterocycles. The Morgan fingerprint density at radius 2 is 2.19 bits per heavy atom. The Bertz CT molecular complexity index is 672. The summed E-state index contributed by atoms with van der Waals surface area (Å²) in [6.45, 7) is 1.93. The molecule has 1 unspecified atom stereocenters. The highest BCUT2D eigenvalue weighted by Crippen LogP contribution is 2.25. The Morgan fingerprint density at radius 1 is 1.33 bits per heavy atom. The van der Waals surface area contributed by atoms with Crippen molar-refractivity contribution < 1.29 is 15.0 Å². The van der Waals surface area contributed by atoms with E-state index >= 15 is 0 Å². The van der Waals surface area contributed by atoms with Crippen molar-refractivity contribution in [1.82, 2.24) is 4.98 Å². The topological polar surface area (TPSA) is 73.7 Å². The molecule has 2 N–H and O–H groups in total. The van der Waals surface area contributed by atoms with E-state index in [1.54, 1.807) is 12.1 Å². The number of aromatic carboxylic acids is 1. The second kappa shape index (κ2) is 5.69. The Morgan fingerprint density at radius 3 is 2.95 bits per heavy atom. The number of nitrogens with zero attached hydrogens (tertiary/aromatic N) is 2. The lowest BCUT2D eigenvalue weighted by Crippen LogP contribution is -2.37. The van der Waals surface area contributed by atoms with Crippen LogP contribution in [-0.4, -0.2) is 40.9 Å². The molecule has 1 aromatic carbocycles. The first kappa shape index (κ1) is 13.8. The largest absolute Gasteiger partial charge is 0.478 e. The van der Waals surface area contributed by atoms with E-state index in [1.807, 2.05) is 18.2 Å². The number of pyridine rings is 1. The summed E-state index contributed by atoms with van der Waals surface area (Å²) >= 11 is 0. The number of fused-ring (bicyclic) bond motifs is 1. The zero-order valence-electron chi connectivity index (χ0n) is 11.7. The highest BCUT2D eigenvalue weighted by molar-refractivity contribution is 6.02. The lowest BCUT2D eigenvalue weighted by Gasteiger charge is -2.32. The molecule has 3 rings (SSSR count). The Kier molecular flexibility index (Phi) is 3.75. The summed E-state index contributed by atoms with van der Waals surface area (Å²) in [6, 6.07) is 8.83. The maximum Gasteiger partial charge on any atom is 0.336 e. The van der Waals surface area contributed by atoms with Crippen LogP contribution in [-0.2, 0) is 0 Å². The highest BCUT2D eigenvalue weighted by Gasteiger charge is 2.20. The first-order valence-electron chi connectivity index (χ1n) is 7.18. The van der Waals surface area contributed by atoms with E-state index < -0.39 is 5.97 Å². The lowest BCUT2D eigenvalue weighted by molar-refractivity contribution is 0.0699. The van der Waals surface area contributed by atoms with Crippen molar-refractivity contribution in [3.8, 4) is 0 Å². The first-order valence-corrected chi connectivity index (χ1v) is 7.18. The number of rotatable bonds is 3. The fourth-order valence-corrected chi connectivity index (χ4v) is 2.93. The smallest absolute Gasteiger partial charge is 0.336 e. The fraction of sp³-hybridized carbons (Fsp3) is 0.375. The third-order valence-electron chi connectivity index (χ3n) is 4.05. The molecule has 1 atom stereocenters. The van der Waals surface area contributed by atoms with E-state index in [0.29, 0.717) is 16.8 Å². The normalized spacial score (nSPS) is 18.9. The quantitative estimate of drug-likeness (QED) is 0.904. The number of anilines is 1. The van der Waals surface area contributed by atoms with Crippen LogP contribution in [0.25, 0.3) is 10.9 Å². The summed E-state index contributed by atoms with van der Waals surface area (Å²) in [5, 5.41) is 19.2. The van der Waals surface area contributed by atoms with Gasteiger partial charge in [-0.2, -0.15) is 0 Å². The SMILES string of the molecule is O=C(O)c1cccc2nc(N3CCCC(CO)C3)ccc12. The summed E-state index contributed by atoms with van der Waals surface area (Å²) in [5.41, 5.74) is 0.969. The molecule has 5 heteroatoms. The van der Waals surface area contributed by atoms with Crippen molar-refractivity contribution >= 4 is 22.7 Å². The molecule has 0 aliphatic carbocycles. The Hall–Kier alpha value is -2.14. The molecule has 0 spiro atoms. The average Bonchev–Trinajstić information content (AvgIpc) is 2.53. The van der Waals surface area contributed by atoms with Gasteiger partial charge in [-0.3, -0.25) is 0 Å². The number of benzene rings is 1. The van der Waals surface area contributed by atoms with Crippen molar-refractivity contribution in [2.45, 2.75) is 12.8 Å². The molecule has 0 bridgehead atoms. The molecular formula is C16H18N2O3. The van der Waals surface area contributed by atoms with Gasteiger partial charge in [-0.05, 0) is 43.0 Å². The van der Waals surface area contributed by atoms with Crippen LogP contribution in [0.15, 0.2) is 30.3 Å². The van der Waals surface area contributed by atoms with Crippen LogP contribution in [0.1, 0.15) is 23.2 Å². The molecule has 1 fully saturated rings. The van der Waals surface area contributed by atoms with Gasteiger partial charge in [0.1, 0.15) is 5.82 Å². The highest BCUT2D eigenvalue weighted by atomic mass is 16.4. The van der Waals surface area contributed by atoms with Crippen molar-refractivity contribution in [1.29, 1.82) is 0 Å². The van der Waals surface area contributed by atoms with Crippen molar-refractivity contribution in [3.63, 3.8) is 0 Å². The number of carboxylic acids is 1. The molecule has 2 heterocycles. The van der Waals surface area contributed by atoms with E-state index in [4.69, 9.17) is 0 Å². The summed E-state index contributed by atoms with van der Waals surface area (Å²) < 4.78 is 0. The molecule has 1 aromatic heterocycles. The number of aliphatic hydroxyl groups is 1. The van der Waals surface area contributed by atoms with Gasteiger partial charge in [0, 0.05) is 25.1 Å². The average molecular weight is 286 g/mol. The number of hydrogen-bond donors (Lipinski definition) is 2. The molecule has 5 nitrogen and oxygen atoms in total. The zero-order chi connectivity index (χ0) is 14.8. The third kappa shape index (κ3) is 2.69. The van der Waals surface area contributed by atoms with Gasteiger partial charge in [0.2, 0.25) is 0 Å². The van der Waals surface area contributed by atoms with Gasteiger partial charge in [-0.15, -0.1) is 0 Å². The minimum Gasteiger partial charge on any atom is -0.478 e. The Balaban J connectivity index is 1.96. The molecule has 0 radical (unpaired) electrons. The summed E-state index contributed by atoms with van der Waals surface area (Å²) in [6.07, 6.45) is 2.09. The number of aliphatic hydroxyl groups excluding tert-OH is 1. The number of carbonyl (C=O) groups is 1. The minimum atomic E-state index is -0.937. The van der Waals surface area contributed by atoms with Gasteiger partial charge in [0.15, 0.2) is 0 Å². The van der Waals surface area contributed by atoms with E-state index in [0.717, 1.165) is 31.7 Å². The van der Waals surface area contributed by atoms with Crippen LogP contribution in [0.5, 0.6) is 0 Å². The predicted octanol–water partition coefficient (Wildman–Crippen LogP) is 2.14. The number of piperidine rings is 1. The van der Waals surface area contributed by atoms with Crippen LogP contribution in [0.2, 0.25) is 0 Å². The Labute approximate surface area is 122 Å². The minimum absolute atomic E-state index is 0.202. The molecule has 110 valence electrons. The van der Waals surface area contributed by atoms with Gasteiger partial charge < -0.3 is 15.1 Å². The second-order valence-electron chi connectivity index (χ2n) is 5.48. The van der Waals surface area contributed by atoms with Crippen LogP contribution in [0.4, 0.5) is 5.82 Å². The molecule has 2 aromatic rings. The van der Waals surface area contributed by atoms with E-state index in [-0.39, 0.29) is 12.2 Å². The van der Waals surface area contributed by atoms with Gasteiger partial charge in [0.05, 0.1) is 11.1 Å². The molecule has 1 saturated heterocycles. The first-order chi connectivity index (χ1) is 10.2.